The van der Waals surface area contributed by atoms with Gasteiger partial charge in [0.15, 0.2) is 4.77 Å². The molecule has 0 fully saturated rings. The van der Waals surface area contributed by atoms with Crippen molar-refractivity contribution in [2.75, 3.05) is 0 Å². The van der Waals surface area contributed by atoms with Gasteiger partial charge in [-0.05, 0) is 26.1 Å². The predicted molar refractivity (Wildman–Crippen MR) is 59.2 cm³/mol. The lowest BCUT2D eigenvalue weighted by atomic mass is 10.2. The molecule has 0 amide bonds. The summed E-state index contributed by atoms with van der Waals surface area (Å²) in [5.74, 6) is 0.892. The van der Waals surface area contributed by atoms with E-state index in [1.54, 1.807) is 0 Å². The Hall–Kier alpha value is -1.43. The van der Waals surface area contributed by atoms with Crippen molar-refractivity contribution in [3.05, 3.63) is 28.0 Å². The normalized spacial score (nSPS) is 10.9. The van der Waals surface area contributed by atoms with Crippen LogP contribution in [-0.4, -0.2) is 24.5 Å². The fourth-order valence-corrected chi connectivity index (χ4v) is 1.69. The Labute approximate surface area is 92.7 Å². The van der Waals surface area contributed by atoms with Crippen molar-refractivity contribution in [2.45, 2.75) is 20.4 Å². The van der Waals surface area contributed by atoms with Crippen molar-refractivity contribution < 1.29 is 0 Å². The van der Waals surface area contributed by atoms with E-state index in [0.717, 1.165) is 23.6 Å². The van der Waals surface area contributed by atoms with Gasteiger partial charge in [-0.15, -0.1) is 0 Å². The summed E-state index contributed by atoms with van der Waals surface area (Å²) in [5, 5.41) is 11.0. The first-order valence-electron chi connectivity index (χ1n) is 4.69. The van der Waals surface area contributed by atoms with Crippen LogP contribution in [0.25, 0.3) is 0 Å². The van der Waals surface area contributed by atoms with Gasteiger partial charge in [0, 0.05) is 18.3 Å². The summed E-state index contributed by atoms with van der Waals surface area (Å²) in [6, 6.07) is 0. The van der Waals surface area contributed by atoms with Crippen LogP contribution in [0.5, 0.6) is 0 Å². The van der Waals surface area contributed by atoms with Gasteiger partial charge in [0.25, 0.3) is 0 Å². The van der Waals surface area contributed by atoms with Gasteiger partial charge in [0.1, 0.15) is 5.82 Å². The van der Waals surface area contributed by atoms with Gasteiger partial charge in [0.05, 0.1) is 12.7 Å². The Morgan fingerprint density at radius 2 is 2.20 bits per heavy atom. The van der Waals surface area contributed by atoms with Gasteiger partial charge in [-0.3, -0.25) is 14.3 Å². The van der Waals surface area contributed by atoms with E-state index in [2.05, 4.69) is 15.3 Å². The van der Waals surface area contributed by atoms with Crippen LogP contribution in [0.15, 0.2) is 6.20 Å². The Kier molecular flexibility index (Phi) is 2.44. The van der Waals surface area contributed by atoms with Crippen LogP contribution in [0.4, 0.5) is 0 Å². The molecule has 80 valence electrons. The van der Waals surface area contributed by atoms with Gasteiger partial charge in [-0.1, -0.05) is 0 Å². The average molecular weight is 223 g/mol. The first kappa shape index (κ1) is 10.1. The number of aromatic amines is 1. The summed E-state index contributed by atoms with van der Waals surface area (Å²) in [7, 11) is 1.93. The standard InChI is InChI=1S/C9H13N5S/c1-6-8(4-10-13(6)3)5-14-7(2)11-12-9(14)15/h4H,5H2,1-3H3,(H,12,15). The topological polar surface area (TPSA) is 51.4 Å². The highest BCUT2D eigenvalue weighted by Crippen LogP contribution is 2.09. The maximum Gasteiger partial charge on any atom is 0.195 e. The Morgan fingerprint density at radius 3 is 2.67 bits per heavy atom. The third-order valence-electron chi connectivity index (χ3n) is 2.61. The predicted octanol–water partition coefficient (Wildman–Crippen LogP) is 1.34. The Morgan fingerprint density at radius 1 is 1.47 bits per heavy atom. The second-order valence-corrected chi connectivity index (χ2v) is 3.93. The molecule has 0 aliphatic rings. The minimum atomic E-state index is 0.649. The number of hydrogen-bond donors (Lipinski definition) is 1. The third kappa shape index (κ3) is 1.72. The second-order valence-electron chi connectivity index (χ2n) is 3.54. The van der Waals surface area contributed by atoms with Crippen molar-refractivity contribution in [2.24, 2.45) is 7.05 Å². The Balaban J connectivity index is 2.38. The third-order valence-corrected chi connectivity index (χ3v) is 2.93. The molecule has 0 unspecified atom stereocenters. The van der Waals surface area contributed by atoms with E-state index < -0.39 is 0 Å². The largest absolute Gasteiger partial charge is 0.300 e. The summed E-state index contributed by atoms with van der Waals surface area (Å²) < 4.78 is 4.46. The summed E-state index contributed by atoms with van der Waals surface area (Å²) in [4.78, 5) is 0. The molecule has 2 rings (SSSR count). The quantitative estimate of drug-likeness (QED) is 0.782. The number of rotatable bonds is 2. The molecule has 0 radical (unpaired) electrons. The van der Waals surface area contributed by atoms with Crippen LogP contribution >= 0.6 is 12.2 Å². The smallest absolute Gasteiger partial charge is 0.195 e. The van der Waals surface area contributed by atoms with Crippen molar-refractivity contribution in [3.63, 3.8) is 0 Å². The first-order chi connectivity index (χ1) is 7.09. The minimum Gasteiger partial charge on any atom is -0.300 e. The maximum absolute atomic E-state index is 5.14. The van der Waals surface area contributed by atoms with Crippen LogP contribution in [-0.2, 0) is 13.6 Å². The van der Waals surface area contributed by atoms with Gasteiger partial charge in [-0.2, -0.15) is 10.2 Å². The fourth-order valence-electron chi connectivity index (χ4n) is 1.45. The first-order valence-corrected chi connectivity index (χ1v) is 5.09. The number of H-pyrrole nitrogens is 1. The number of hydrogen-bond acceptors (Lipinski definition) is 3. The highest BCUT2D eigenvalue weighted by Gasteiger charge is 2.07. The SMILES string of the molecule is Cc1c(Cn2c(C)n[nH]c2=S)cnn1C. The van der Waals surface area contributed by atoms with E-state index in [9.17, 15) is 0 Å². The molecule has 15 heavy (non-hydrogen) atoms. The van der Waals surface area contributed by atoms with Crippen LogP contribution in [0, 0.1) is 18.6 Å². The Bertz CT molecular complexity index is 533. The van der Waals surface area contributed by atoms with Crippen LogP contribution < -0.4 is 0 Å². The zero-order valence-electron chi connectivity index (χ0n) is 8.98. The number of aromatic nitrogens is 5. The molecular formula is C9H13N5S. The lowest BCUT2D eigenvalue weighted by molar-refractivity contribution is 0.722. The number of aryl methyl sites for hydroxylation is 2. The molecule has 6 heteroatoms. The minimum absolute atomic E-state index is 0.649. The molecule has 0 saturated carbocycles. The molecule has 2 aromatic heterocycles. The molecule has 0 aliphatic heterocycles. The zero-order chi connectivity index (χ0) is 11.0. The lowest BCUT2D eigenvalue weighted by Crippen LogP contribution is -2.03. The molecule has 0 bridgehead atoms. The molecule has 5 nitrogen and oxygen atoms in total. The monoisotopic (exact) mass is 223 g/mol. The number of nitrogens with one attached hydrogen (secondary N) is 1. The van der Waals surface area contributed by atoms with Gasteiger partial charge in [-0.25, -0.2) is 0 Å². The molecule has 0 aliphatic carbocycles. The molecule has 2 aromatic rings. The molecule has 2 heterocycles. The van der Waals surface area contributed by atoms with E-state index in [0.29, 0.717) is 4.77 Å². The van der Waals surface area contributed by atoms with E-state index in [1.807, 2.05) is 36.3 Å². The van der Waals surface area contributed by atoms with E-state index in [-0.39, 0.29) is 0 Å². The highest BCUT2D eigenvalue weighted by atomic mass is 32.1. The van der Waals surface area contributed by atoms with E-state index in [1.165, 1.54) is 0 Å². The van der Waals surface area contributed by atoms with Gasteiger partial charge >= 0.3 is 0 Å². The van der Waals surface area contributed by atoms with Crippen molar-refractivity contribution >= 4 is 12.2 Å². The molecule has 0 aromatic carbocycles. The van der Waals surface area contributed by atoms with Crippen molar-refractivity contribution in [3.8, 4) is 0 Å². The van der Waals surface area contributed by atoms with Crippen LogP contribution in [0.1, 0.15) is 17.1 Å². The molecule has 0 saturated heterocycles. The molecular weight excluding hydrogens is 210 g/mol. The van der Waals surface area contributed by atoms with Gasteiger partial charge < -0.3 is 0 Å². The lowest BCUT2D eigenvalue weighted by Gasteiger charge is -2.03. The van der Waals surface area contributed by atoms with E-state index >= 15 is 0 Å². The summed E-state index contributed by atoms with van der Waals surface area (Å²) >= 11 is 5.14. The van der Waals surface area contributed by atoms with E-state index in [4.69, 9.17) is 12.2 Å². The summed E-state index contributed by atoms with van der Waals surface area (Å²) in [6.45, 7) is 4.69. The molecule has 1 N–H and O–H groups in total. The van der Waals surface area contributed by atoms with Gasteiger partial charge in [0.2, 0.25) is 0 Å². The average Bonchev–Trinajstić information content (AvgIpc) is 2.68. The zero-order valence-corrected chi connectivity index (χ0v) is 9.80. The number of nitrogens with zero attached hydrogens (tertiary/aromatic N) is 4. The summed E-state index contributed by atoms with van der Waals surface area (Å²) in [6.07, 6.45) is 1.86. The summed E-state index contributed by atoms with van der Waals surface area (Å²) in [5.41, 5.74) is 2.32. The van der Waals surface area contributed by atoms with Crippen molar-refractivity contribution in [1.29, 1.82) is 0 Å². The molecule has 0 spiro atoms. The second kappa shape index (κ2) is 3.62. The molecule has 0 atom stereocenters. The van der Waals surface area contributed by atoms with Crippen LogP contribution in [0.2, 0.25) is 0 Å². The van der Waals surface area contributed by atoms with Crippen molar-refractivity contribution in [1.82, 2.24) is 24.5 Å². The highest BCUT2D eigenvalue weighted by molar-refractivity contribution is 7.71. The van der Waals surface area contributed by atoms with Crippen LogP contribution in [0.3, 0.4) is 0 Å². The fraction of sp³-hybridized carbons (Fsp3) is 0.444. The maximum atomic E-state index is 5.14.